The zero-order valence-corrected chi connectivity index (χ0v) is 11.9. The van der Waals surface area contributed by atoms with Crippen LogP contribution >= 0.6 is 0 Å². The monoisotopic (exact) mass is 255 g/mol. The van der Waals surface area contributed by atoms with Crippen molar-refractivity contribution in [2.45, 2.75) is 64.4 Å². The van der Waals surface area contributed by atoms with Crippen LogP contribution in [-0.4, -0.2) is 43.5 Å². The molecule has 0 amide bonds. The molecule has 0 aliphatic carbocycles. The molecule has 1 rings (SSSR count). The van der Waals surface area contributed by atoms with Gasteiger partial charge in [0.2, 0.25) is 0 Å². The van der Waals surface area contributed by atoms with Gasteiger partial charge in [-0.1, -0.05) is 32.6 Å². The number of nitrogens with zero attached hydrogens (tertiary/aromatic N) is 1. The first kappa shape index (κ1) is 15.6. The van der Waals surface area contributed by atoms with Gasteiger partial charge in [-0.25, -0.2) is 0 Å². The Morgan fingerprint density at radius 2 is 2.11 bits per heavy atom. The number of aldehydes is 1. The van der Waals surface area contributed by atoms with Crippen molar-refractivity contribution >= 4 is 6.29 Å². The lowest BCUT2D eigenvalue weighted by atomic mass is 10.1. The Hall–Kier alpha value is -0.410. The van der Waals surface area contributed by atoms with Crippen molar-refractivity contribution in [1.82, 2.24) is 4.90 Å². The maximum atomic E-state index is 10.2. The second-order valence-electron chi connectivity index (χ2n) is 5.31. The van der Waals surface area contributed by atoms with E-state index in [2.05, 4.69) is 11.8 Å². The van der Waals surface area contributed by atoms with Gasteiger partial charge in [0.25, 0.3) is 0 Å². The van der Waals surface area contributed by atoms with Crippen molar-refractivity contribution in [2.24, 2.45) is 0 Å². The van der Waals surface area contributed by atoms with Gasteiger partial charge in [-0.05, 0) is 25.8 Å². The van der Waals surface area contributed by atoms with E-state index in [9.17, 15) is 4.79 Å². The van der Waals surface area contributed by atoms with Gasteiger partial charge in [-0.15, -0.1) is 0 Å². The van der Waals surface area contributed by atoms with Crippen LogP contribution in [0.1, 0.15) is 58.3 Å². The molecule has 1 saturated heterocycles. The minimum Gasteiger partial charge on any atom is -0.376 e. The number of rotatable bonds is 10. The fourth-order valence-corrected chi connectivity index (χ4v) is 2.52. The van der Waals surface area contributed by atoms with E-state index in [-0.39, 0.29) is 0 Å². The van der Waals surface area contributed by atoms with Crippen LogP contribution in [0.3, 0.4) is 0 Å². The Morgan fingerprint density at radius 3 is 2.89 bits per heavy atom. The zero-order valence-electron chi connectivity index (χ0n) is 11.9. The number of carbonyl (C=O) groups excluding carboxylic acids is 1. The van der Waals surface area contributed by atoms with Crippen molar-refractivity contribution in [1.29, 1.82) is 0 Å². The molecule has 3 nitrogen and oxygen atoms in total. The van der Waals surface area contributed by atoms with Gasteiger partial charge in [0.1, 0.15) is 6.29 Å². The Morgan fingerprint density at radius 1 is 1.22 bits per heavy atom. The van der Waals surface area contributed by atoms with E-state index in [0.717, 1.165) is 45.4 Å². The third kappa shape index (κ3) is 7.12. The van der Waals surface area contributed by atoms with Gasteiger partial charge in [0.05, 0.1) is 12.7 Å². The number of morpholine rings is 1. The van der Waals surface area contributed by atoms with E-state index in [0.29, 0.717) is 12.5 Å². The normalized spacial score (nSPS) is 21.1. The van der Waals surface area contributed by atoms with Crippen molar-refractivity contribution in [3.63, 3.8) is 0 Å². The van der Waals surface area contributed by atoms with Gasteiger partial charge in [0, 0.05) is 19.5 Å². The van der Waals surface area contributed by atoms with Crippen LogP contribution in [-0.2, 0) is 9.53 Å². The predicted molar refractivity (Wildman–Crippen MR) is 74.9 cm³/mol. The molecule has 1 unspecified atom stereocenters. The van der Waals surface area contributed by atoms with Crippen LogP contribution in [0.5, 0.6) is 0 Å². The molecular weight excluding hydrogens is 226 g/mol. The fraction of sp³-hybridized carbons (Fsp3) is 0.933. The summed E-state index contributed by atoms with van der Waals surface area (Å²) in [6, 6.07) is 0. The van der Waals surface area contributed by atoms with Crippen LogP contribution in [0.15, 0.2) is 0 Å². The highest BCUT2D eigenvalue weighted by atomic mass is 16.5. The molecule has 1 atom stereocenters. The molecule has 0 spiro atoms. The molecule has 18 heavy (non-hydrogen) atoms. The lowest BCUT2D eigenvalue weighted by Gasteiger charge is -2.33. The summed E-state index contributed by atoms with van der Waals surface area (Å²) in [5, 5.41) is 0. The fourth-order valence-electron chi connectivity index (χ4n) is 2.52. The van der Waals surface area contributed by atoms with E-state index in [4.69, 9.17) is 4.74 Å². The molecule has 0 aromatic rings. The molecular formula is C15H29NO2. The number of carbonyl (C=O) groups is 1. The highest BCUT2D eigenvalue weighted by Crippen LogP contribution is 2.14. The van der Waals surface area contributed by atoms with E-state index in [1.807, 2.05) is 0 Å². The molecule has 3 heteroatoms. The molecule has 1 fully saturated rings. The molecule has 106 valence electrons. The largest absolute Gasteiger partial charge is 0.376 e. The summed E-state index contributed by atoms with van der Waals surface area (Å²) in [5.41, 5.74) is 0. The first-order valence-electron chi connectivity index (χ1n) is 7.64. The third-order valence-corrected chi connectivity index (χ3v) is 3.65. The van der Waals surface area contributed by atoms with Gasteiger partial charge < -0.3 is 9.53 Å². The third-order valence-electron chi connectivity index (χ3n) is 3.65. The summed E-state index contributed by atoms with van der Waals surface area (Å²) in [4.78, 5) is 12.7. The maximum Gasteiger partial charge on any atom is 0.119 e. The number of hydrogen-bond donors (Lipinski definition) is 0. The zero-order chi connectivity index (χ0) is 13.1. The van der Waals surface area contributed by atoms with Crippen molar-refractivity contribution in [2.75, 3.05) is 26.2 Å². The standard InChI is InChI=1S/C15H29NO2/c1-2-3-4-6-9-15-14-16(11-13-18-15)10-7-5-8-12-17/h12,15H,2-11,13-14H2,1H3. The average Bonchev–Trinajstić information content (AvgIpc) is 2.40. The summed E-state index contributed by atoms with van der Waals surface area (Å²) in [6.45, 7) is 6.41. The van der Waals surface area contributed by atoms with Crippen molar-refractivity contribution in [3.05, 3.63) is 0 Å². The van der Waals surface area contributed by atoms with Crippen molar-refractivity contribution in [3.8, 4) is 0 Å². The highest BCUT2D eigenvalue weighted by molar-refractivity contribution is 5.48. The first-order valence-corrected chi connectivity index (χ1v) is 7.64. The topological polar surface area (TPSA) is 29.5 Å². The van der Waals surface area contributed by atoms with Gasteiger partial charge in [0.15, 0.2) is 0 Å². The van der Waals surface area contributed by atoms with E-state index < -0.39 is 0 Å². The summed E-state index contributed by atoms with van der Waals surface area (Å²) < 4.78 is 5.82. The summed E-state index contributed by atoms with van der Waals surface area (Å²) in [5.74, 6) is 0. The minimum absolute atomic E-state index is 0.446. The molecule has 1 aliphatic heterocycles. The summed E-state index contributed by atoms with van der Waals surface area (Å²) in [6.07, 6.45) is 10.9. The summed E-state index contributed by atoms with van der Waals surface area (Å²) >= 11 is 0. The quantitative estimate of drug-likeness (QED) is 0.444. The predicted octanol–water partition coefficient (Wildman–Crippen LogP) is 3.03. The molecule has 0 bridgehead atoms. The Labute approximate surface area is 112 Å². The first-order chi connectivity index (χ1) is 8.86. The van der Waals surface area contributed by atoms with Gasteiger partial charge in [-0.3, -0.25) is 4.90 Å². The molecule has 1 heterocycles. The lowest BCUT2D eigenvalue weighted by Crippen LogP contribution is -2.42. The SMILES string of the molecule is CCCCCCC1CN(CCCCC=O)CCO1. The van der Waals surface area contributed by atoms with E-state index in [1.54, 1.807) is 0 Å². The molecule has 0 radical (unpaired) electrons. The smallest absolute Gasteiger partial charge is 0.119 e. The number of hydrogen-bond acceptors (Lipinski definition) is 3. The Kier molecular flexibility index (Phi) is 9.13. The highest BCUT2D eigenvalue weighted by Gasteiger charge is 2.19. The van der Waals surface area contributed by atoms with Crippen LogP contribution < -0.4 is 0 Å². The van der Waals surface area contributed by atoms with Crippen LogP contribution in [0, 0.1) is 0 Å². The van der Waals surface area contributed by atoms with Crippen LogP contribution in [0.25, 0.3) is 0 Å². The second-order valence-corrected chi connectivity index (χ2v) is 5.31. The van der Waals surface area contributed by atoms with Gasteiger partial charge in [-0.2, -0.15) is 0 Å². The lowest BCUT2D eigenvalue weighted by molar-refractivity contribution is -0.108. The van der Waals surface area contributed by atoms with E-state index >= 15 is 0 Å². The molecule has 1 aliphatic rings. The van der Waals surface area contributed by atoms with Crippen LogP contribution in [0.2, 0.25) is 0 Å². The molecule has 0 N–H and O–H groups in total. The van der Waals surface area contributed by atoms with Crippen LogP contribution in [0.4, 0.5) is 0 Å². The summed E-state index contributed by atoms with van der Waals surface area (Å²) in [7, 11) is 0. The molecule has 0 saturated carbocycles. The molecule has 0 aromatic carbocycles. The second kappa shape index (κ2) is 10.5. The number of ether oxygens (including phenoxy) is 1. The average molecular weight is 255 g/mol. The van der Waals surface area contributed by atoms with Gasteiger partial charge >= 0.3 is 0 Å². The molecule has 0 aromatic heterocycles. The van der Waals surface area contributed by atoms with E-state index in [1.165, 1.54) is 32.1 Å². The number of unbranched alkanes of at least 4 members (excludes halogenated alkanes) is 5. The minimum atomic E-state index is 0.446. The Bertz CT molecular complexity index is 209. The van der Waals surface area contributed by atoms with Crippen molar-refractivity contribution < 1.29 is 9.53 Å². The maximum absolute atomic E-state index is 10.2. The Balaban J connectivity index is 2.06.